The first-order chi connectivity index (χ1) is 12.1. The Hall–Kier alpha value is -2.30. The lowest BCUT2D eigenvalue weighted by Gasteiger charge is -2.31. The Morgan fingerprint density at radius 3 is 2.68 bits per heavy atom. The van der Waals surface area contributed by atoms with Gasteiger partial charge in [-0.3, -0.25) is 14.9 Å². The van der Waals surface area contributed by atoms with Crippen LogP contribution in [0.25, 0.3) is 5.70 Å². The molecule has 0 spiro atoms. The van der Waals surface area contributed by atoms with Crippen LogP contribution in [0.5, 0.6) is 5.75 Å². The molecule has 2 aliphatic heterocycles. The fourth-order valence-electron chi connectivity index (χ4n) is 4.14. The van der Waals surface area contributed by atoms with E-state index in [0.29, 0.717) is 25.5 Å². The van der Waals surface area contributed by atoms with Crippen molar-refractivity contribution < 1.29 is 14.3 Å². The summed E-state index contributed by atoms with van der Waals surface area (Å²) < 4.78 is 6.16. The molecule has 1 unspecified atom stereocenters. The number of hydrogen-bond acceptors (Lipinski definition) is 4. The van der Waals surface area contributed by atoms with Crippen molar-refractivity contribution in [3.8, 4) is 5.75 Å². The van der Waals surface area contributed by atoms with E-state index in [-0.39, 0.29) is 17.9 Å². The lowest BCUT2D eigenvalue weighted by atomic mass is 9.98. The maximum absolute atomic E-state index is 12.2. The summed E-state index contributed by atoms with van der Waals surface area (Å²) in [7, 11) is 0. The molecule has 0 bridgehead atoms. The minimum atomic E-state index is -0.319. The fraction of sp³-hybridized carbons (Fsp3) is 0.500. The van der Waals surface area contributed by atoms with Gasteiger partial charge in [0.25, 0.3) is 0 Å². The number of nitrogens with one attached hydrogen (secondary N) is 1. The van der Waals surface area contributed by atoms with Gasteiger partial charge in [-0.25, -0.2) is 0 Å². The minimum absolute atomic E-state index is 0.188. The number of ether oxygens (including phenoxy) is 1. The molecule has 1 aromatic rings. The van der Waals surface area contributed by atoms with Crippen LogP contribution in [0.2, 0.25) is 0 Å². The SMILES string of the molecule is C=C1c2ccc(OC3CCCCC3)cc2CN1C1CCC(=O)NC1=O. The predicted octanol–water partition coefficient (Wildman–Crippen LogP) is 2.99. The van der Waals surface area contributed by atoms with Crippen molar-refractivity contribution in [2.24, 2.45) is 0 Å². The molecule has 5 heteroatoms. The summed E-state index contributed by atoms with van der Waals surface area (Å²) in [5.41, 5.74) is 3.07. The summed E-state index contributed by atoms with van der Waals surface area (Å²) in [6, 6.07) is 5.82. The van der Waals surface area contributed by atoms with E-state index in [1.807, 2.05) is 17.0 Å². The molecule has 25 heavy (non-hydrogen) atoms. The first-order valence-corrected chi connectivity index (χ1v) is 9.21. The zero-order chi connectivity index (χ0) is 17.4. The second-order valence-electron chi connectivity index (χ2n) is 7.24. The van der Waals surface area contributed by atoms with Crippen LogP contribution in [-0.2, 0) is 16.1 Å². The van der Waals surface area contributed by atoms with Gasteiger partial charge in [0.05, 0.1) is 6.10 Å². The average Bonchev–Trinajstić information content (AvgIpc) is 2.92. The summed E-state index contributed by atoms with van der Waals surface area (Å²) in [5, 5.41) is 2.43. The molecular weight excluding hydrogens is 316 g/mol. The number of fused-ring (bicyclic) bond motifs is 1. The highest BCUT2D eigenvalue weighted by Crippen LogP contribution is 2.37. The van der Waals surface area contributed by atoms with Crippen LogP contribution in [0.3, 0.4) is 0 Å². The number of rotatable bonds is 3. The number of amides is 2. The molecule has 1 atom stereocenters. The first kappa shape index (κ1) is 16.2. The van der Waals surface area contributed by atoms with Gasteiger partial charge in [-0.2, -0.15) is 0 Å². The van der Waals surface area contributed by atoms with E-state index in [4.69, 9.17) is 4.74 Å². The van der Waals surface area contributed by atoms with Gasteiger partial charge in [-0.05, 0) is 55.9 Å². The number of hydrogen-bond donors (Lipinski definition) is 1. The molecule has 0 radical (unpaired) electrons. The molecule has 2 amide bonds. The van der Waals surface area contributed by atoms with Crippen molar-refractivity contribution in [1.29, 1.82) is 0 Å². The van der Waals surface area contributed by atoms with E-state index in [9.17, 15) is 9.59 Å². The van der Waals surface area contributed by atoms with E-state index in [1.54, 1.807) is 0 Å². The smallest absolute Gasteiger partial charge is 0.249 e. The molecular formula is C20H24N2O3. The van der Waals surface area contributed by atoms with Crippen LogP contribution < -0.4 is 10.1 Å². The minimum Gasteiger partial charge on any atom is -0.490 e. The Bertz CT molecular complexity index is 722. The second kappa shape index (κ2) is 6.54. The normalized spacial score (nSPS) is 24.2. The Morgan fingerprint density at radius 2 is 1.92 bits per heavy atom. The van der Waals surface area contributed by atoms with Gasteiger partial charge in [-0.1, -0.05) is 13.0 Å². The molecule has 132 valence electrons. The monoisotopic (exact) mass is 340 g/mol. The van der Waals surface area contributed by atoms with Crippen molar-refractivity contribution in [1.82, 2.24) is 10.2 Å². The summed E-state index contributed by atoms with van der Waals surface area (Å²) >= 11 is 0. The van der Waals surface area contributed by atoms with E-state index in [2.05, 4.69) is 18.0 Å². The molecule has 1 aromatic carbocycles. The van der Waals surface area contributed by atoms with Crippen LogP contribution in [0.4, 0.5) is 0 Å². The number of piperidine rings is 1. The third kappa shape index (κ3) is 3.15. The first-order valence-electron chi connectivity index (χ1n) is 9.21. The van der Waals surface area contributed by atoms with E-state index >= 15 is 0 Å². The van der Waals surface area contributed by atoms with Crippen LogP contribution in [0.1, 0.15) is 56.1 Å². The molecule has 1 aliphatic carbocycles. The zero-order valence-electron chi connectivity index (χ0n) is 14.4. The van der Waals surface area contributed by atoms with Gasteiger partial charge in [-0.15, -0.1) is 0 Å². The van der Waals surface area contributed by atoms with Gasteiger partial charge in [0.15, 0.2) is 0 Å². The summed E-state index contributed by atoms with van der Waals surface area (Å²) in [5.74, 6) is 0.499. The van der Waals surface area contributed by atoms with Gasteiger partial charge in [0.1, 0.15) is 11.8 Å². The Morgan fingerprint density at radius 1 is 1.12 bits per heavy atom. The summed E-state index contributed by atoms with van der Waals surface area (Å²) in [4.78, 5) is 25.6. The number of nitrogens with zero attached hydrogens (tertiary/aromatic N) is 1. The lowest BCUT2D eigenvalue weighted by Crippen LogP contribution is -2.50. The number of carbonyl (C=O) groups excluding carboxylic acids is 2. The van der Waals surface area contributed by atoms with Crippen LogP contribution in [0.15, 0.2) is 24.8 Å². The Labute approximate surface area is 148 Å². The average molecular weight is 340 g/mol. The third-order valence-electron chi connectivity index (χ3n) is 5.52. The molecule has 2 heterocycles. The van der Waals surface area contributed by atoms with Crippen LogP contribution in [-0.4, -0.2) is 28.9 Å². The van der Waals surface area contributed by atoms with Gasteiger partial charge in [0.2, 0.25) is 11.8 Å². The largest absolute Gasteiger partial charge is 0.490 e. The van der Waals surface area contributed by atoms with E-state index in [0.717, 1.165) is 35.4 Å². The van der Waals surface area contributed by atoms with E-state index in [1.165, 1.54) is 19.3 Å². The second-order valence-corrected chi connectivity index (χ2v) is 7.24. The lowest BCUT2D eigenvalue weighted by molar-refractivity contribution is -0.136. The van der Waals surface area contributed by atoms with Crippen molar-refractivity contribution in [3.63, 3.8) is 0 Å². The highest BCUT2D eigenvalue weighted by Gasteiger charge is 2.36. The van der Waals surface area contributed by atoms with Gasteiger partial charge < -0.3 is 9.64 Å². The standard InChI is InChI=1S/C20H24N2O3/c1-13-17-8-7-16(25-15-5-3-2-4-6-15)11-14(17)12-22(13)18-9-10-19(23)21-20(18)24/h7-8,11,15,18H,1-6,9-10,12H2,(H,21,23,24). The summed E-state index contributed by atoms with van der Waals surface area (Å²) in [6.07, 6.45) is 7.31. The van der Waals surface area contributed by atoms with Crippen molar-refractivity contribution in [3.05, 3.63) is 35.9 Å². The quantitative estimate of drug-likeness (QED) is 0.860. The van der Waals surface area contributed by atoms with Crippen molar-refractivity contribution >= 4 is 17.5 Å². The van der Waals surface area contributed by atoms with Crippen LogP contribution >= 0.6 is 0 Å². The maximum atomic E-state index is 12.2. The molecule has 0 aromatic heterocycles. The molecule has 4 rings (SSSR count). The van der Waals surface area contributed by atoms with Crippen molar-refractivity contribution in [2.45, 2.75) is 63.6 Å². The highest BCUT2D eigenvalue weighted by atomic mass is 16.5. The Kier molecular flexibility index (Phi) is 4.24. The molecule has 1 saturated heterocycles. The number of benzene rings is 1. The molecule has 1 N–H and O–H groups in total. The van der Waals surface area contributed by atoms with Crippen molar-refractivity contribution in [2.75, 3.05) is 0 Å². The van der Waals surface area contributed by atoms with Crippen LogP contribution in [0, 0.1) is 0 Å². The predicted molar refractivity (Wildman–Crippen MR) is 94.7 cm³/mol. The molecule has 3 aliphatic rings. The number of carbonyl (C=O) groups is 2. The van der Waals surface area contributed by atoms with Gasteiger partial charge >= 0.3 is 0 Å². The summed E-state index contributed by atoms with van der Waals surface area (Å²) in [6.45, 7) is 4.81. The van der Waals surface area contributed by atoms with E-state index < -0.39 is 0 Å². The maximum Gasteiger partial charge on any atom is 0.249 e. The third-order valence-corrected chi connectivity index (χ3v) is 5.52. The zero-order valence-corrected chi connectivity index (χ0v) is 14.4. The fourth-order valence-corrected chi connectivity index (χ4v) is 4.14. The topological polar surface area (TPSA) is 58.6 Å². The molecule has 5 nitrogen and oxygen atoms in total. The highest BCUT2D eigenvalue weighted by molar-refractivity contribution is 6.01. The number of imide groups is 1. The Balaban J connectivity index is 1.49. The molecule has 2 fully saturated rings. The van der Waals surface area contributed by atoms with Gasteiger partial charge in [0, 0.05) is 24.2 Å². The molecule has 1 saturated carbocycles.